The lowest BCUT2D eigenvalue weighted by Crippen LogP contribution is -2.39. The molecule has 4 heterocycles. The predicted octanol–water partition coefficient (Wildman–Crippen LogP) is 4.48. The zero-order chi connectivity index (χ0) is 21.8. The molecule has 0 saturated carbocycles. The Bertz CT molecular complexity index is 900. The zero-order valence-electron chi connectivity index (χ0n) is 18.9. The minimum Gasteiger partial charge on any atom is -0.465 e. The molecular weight excluding hydrogens is 408 g/mol. The van der Waals surface area contributed by atoms with E-state index in [4.69, 9.17) is 26.6 Å². The van der Waals surface area contributed by atoms with Crippen LogP contribution in [0.1, 0.15) is 57.5 Å². The van der Waals surface area contributed by atoms with Crippen molar-refractivity contribution in [2.24, 2.45) is 5.92 Å². The highest BCUT2D eigenvalue weighted by molar-refractivity contribution is 7.80. The topological polar surface area (TPSA) is 69.5 Å². The van der Waals surface area contributed by atoms with Crippen molar-refractivity contribution < 1.29 is 4.42 Å². The molecule has 0 radical (unpaired) electrons. The highest BCUT2D eigenvalue weighted by atomic mass is 32.1. The molecule has 4 rings (SSSR count). The van der Waals surface area contributed by atoms with Gasteiger partial charge in [0.1, 0.15) is 23.2 Å². The van der Waals surface area contributed by atoms with E-state index in [1.807, 2.05) is 19.1 Å². The standard InChI is InChI=1S/C23H34N6OS/c1-16-7-6-11-28(15-16)20-13-21(29-12-5-4-8-17(29)2)26-22(25-20)27-23(31)24-14-19-10-9-18(3)30-19/h9-10,13,16-17H,4-8,11-12,14-15H2,1-3H3,(H2,24,25,26,27,31)/t16-,17-/m0/s1. The molecule has 2 N–H and O–H groups in total. The Hall–Kier alpha value is -2.35. The van der Waals surface area contributed by atoms with Crippen LogP contribution < -0.4 is 20.4 Å². The number of rotatable bonds is 5. The number of nitrogens with one attached hydrogen (secondary N) is 2. The summed E-state index contributed by atoms with van der Waals surface area (Å²) in [6.45, 7) is 10.2. The monoisotopic (exact) mass is 442 g/mol. The summed E-state index contributed by atoms with van der Waals surface area (Å²) >= 11 is 5.51. The van der Waals surface area contributed by atoms with Gasteiger partial charge in [0.2, 0.25) is 5.95 Å². The van der Waals surface area contributed by atoms with Gasteiger partial charge in [-0.15, -0.1) is 0 Å². The molecule has 0 bridgehead atoms. The Morgan fingerprint density at radius 2 is 1.97 bits per heavy atom. The highest BCUT2D eigenvalue weighted by Crippen LogP contribution is 2.29. The van der Waals surface area contributed by atoms with Crippen LogP contribution in [-0.4, -0.2) is 40.8 Å². The molecule has 8 heteroatoms. The molecule has 31 heavy (non-hydrogen) atoms. The van der Waals surface area contributed by atoms with Crippen molar-refractivity contribution in [2.45, 2.75) is 65.5 Å². The third-order valence-corrected chi connectivity index (χ3v) is 6.47. The lowest BCUT2D eigenvalue weighted by molar-refractivity contribution is 0.444. The first-order valence-electron chi connectivity index (χ1n) is 11.5. The summed E-state index contributed by atoms with van der Waals surface area (Å²) in [5.41, 5.74) is 0. The predicted molar refractivity (Wildman–Crippen MR) is 130 cm³/mol. The number of hydrogen-bond donors (Lipinski definition) is 2. The third-order valence-electron chi connectivity index (χ3n) is 6.22. The van der Waals surface area contributed by atoms with Gasteiger partial charge in [-0.25, -0.2) is 0 Å². The van der Waals surface area contributed by atoms with E-state index in [1.165, 1.54) is 32.1 Å². The van der Waals surface area contributed by atoms with E-state index in [1.54, 1.807) is 0 Å². The Morgan fingerprint density at radius 3 is 2.71 bits per heavy atom. The van der Waals surface area contributed by atoms with Gasteiger partial charge in [-0.3, -0.25) is 0 Å². The van der Waals surface area contributed by atoms with Crippen molar-refractivity contribution in [3.8, 4) is 0 Å². The number of thiocarbonyl (C=S) groups is 1. The molecule has 0 amide bonds. The maximum atomic E-state index is 5.61. The quantitative estimate of drug-likeness (QED) is 0.657. The molecule has 7 nitrogen and oxygen atoms in total. The number of furan rings is 1. The Balaban J connectivity index is 1.52. The third kappa shape index (κ3) is 5.67. The summed E-state index contributed by atoms with van der Waals surface area (Å²) in [6.07, 6.45) is 6.17. The summed E-state index contributed by atoms with van der Waals surface area (Å²) in [5, 5.41) is 6.90. The Kier molecular flexibility index (Phi) is 6.95. The molecule has 2 aromatic heterocycles. The number of anilines is 3. The molecule has 0 spiro atoms. The summed E-state index contributed by atoms with van der Waals surface area (Å²) in [6, 6.07) is 6.55. The van der Waals surface area contributed by atoms with E-state index in [0.29, 0.717) is 29.6 Å². The van der Waals surface area contributed by atoms with Gasteiger partial charge in [0.05, 0.1) is 6.54 Å². The van der Waals surface area contributed by atoms with Crippen molar-refractivity contribution in [1.82, 2.24) is 15.3 Å². The van der Waals surface area contributed by atoms with Gasteiger partial charge in [0, 0.05) is 31.7 Å². The second-order valence-electron chi connectivity index (χ2n) is 8.96. The van der Waals surface area contributed by atoms with Crippen molar-refractivity contribution in [3.63, 3.8) is 0 Å². The van der Waals surface area contributed by atoms with Crippen LogP contribution in [0.5, 0.6) is 0 Å². The SMILES string of the molecule is Cc1ccc(CNC(=S)Nc2nc(N3CCC[C@H](C)C3)cc(N3CCCC[C@@H]3C)n2)o1. The van der Waals surface area contributed by atoms with Gasteiger partial charge in [-0.1, -0.05) is 6.92 Å². The number of hydrogen-bond acceptors (Lipinski definition) is 6. The second-order valence-corrected chi connectivity index (χ2v) is 9.37. The first-order chi connectivity index (χ1) is 15.0. The first kappa shape index (κ1) is 21.9. The van der Waals surface area contributed by atoms with E-state index in [2.05, 4.69) is 40.3 Å². The van der Waals surface area contributed by atoms with Gasteiger partial charge in [0.25, 0.3) is 0 Å². The van der Waals surface area contributed by atoms with Crippen LogP contribution in [0, 0.1) is 12.8 Å². The summed E-state index contributed by atoms with van der Waals surface area (Å²) < 4.78 is 5.61. The highest BCUT2D eigenvalue weighted by Gasteiger charge is 2.24. The van der Waals surface area contributed by atoms with Gasteiger partial charge < -0.3 is 24.9 Å². The van der Waals surface area contributed by atoms with Crippen LogP contribution in [0.25, 0.3) is 0 Å². The van der Waals surface area contributed by atoms with Crippen LogP contribution in [-0.2, 0) is 6.54 Å². The largest absolute Gasteiger partial charge is 0.465 e. The maximum Gasteiger partial charge on any atom is 0.232 e. The van der Waals surface area contributed by atoms with Gasteiger partial charge in [0.15, 0.2) is 5.11 Å². The van der Waals surface area contributed by atoms with Crippen molar-refractivity contribution in [3.05, 3.63) is 29.7 Å². The second kappa shape index (κ2) is 9.85. The molecule has 2 aromatic rings. The fourth-order valence-electron chi connectivity index (χ4n) is 4.52. The molecular formula is C23H34N6OS. The number of aromatic nitrogens is 2. The number of aryl methyl sites for hydroxylation is 1. The van der Waals surface area contributed by atoms with Crippen LogP contribution in [0.4, 0.5) is 17.6 Å². The average molecular weight is 443 g/mol. The smallest absolute Gasteiger partial charge is 0.232 e. The first-order valence-corrected chi connectivity index (χ1v) is 11.9. The molecule has 2 aliphatic rings. The van der Waals surface area contributed by atoms with Crippen molar-refractivity contribution in [2.75, 3.05) is 34.8 Å². The molecule has 0 aromatic carbocycles. The van der Waals surface area contributed by atoms with Crippen LogP contribution in [0.3, 0.4) is 0 Å². The summed E-state index contributed by atoms with van der Waals surface area (Å²) in [7, 11) is 0. The lowest BCUT2D eigenvalue weighted by atomic mass is 10.0. The van der Waals surface area contributed by atoms with E-state index in [-0.39, 0.29) is 0 Å². The number of piperidine rings is 2. The van der Waals surface area contributed by atoms with Crippen LogP contribution in [0.15, 0.2) is 22.6 Å². The zero-order valence-corrected chi connectivity index (χ0v) is 19.7. The molecule has 0 aliphatic carbocycles. The molecule has 2 aliphatic heterocycles. The fourth-order valence-corrected chi connectivity index (χ4v) is 4.68. The fraction of sp³-hybridized carbons (Fsp3) is 0.609. The Labute approximate surface area is 190 Å². The molecule has 0 unspecified atom stereocenters. The molecule has 168 valence electrons. The van der Waals surface area contributed by atoms with E-state index < -0.39 is 0 Å². The van der Waals surface area contributed by atoms with Gasteiger partial charge in [-0.05, 0) is 76.2 Å². The van der Waals surface area contributed by atoms with Crippen molar-refractivity contribution in [1.29, 1.82) is 0 Å². The summed E-state index contributed by atoms with van der Waals surface area (Å²) in [5.74, 6) is 4.95. The van der Waals surface area contributed by atoms with E-state index >= 15 is 0 Å². The minimum atomic E-state index is 0.483. The molecule has 2 saturated heterocycles. The van der Waals surface area contributed by atoms with E-state index in [9.17, 15) is 0 Å². The van der Waals surface area contributed by atoms with Gasteiger partial charge >= 0.3 is 0 Å². The van der Waals surface area contributed by atoms with Crippen LogP contribution >= 0.6 is 12.2 Å². The molecule has 2 atom stereocenters. The molecule has 2 fully saturated rings. The number of nitrogens with zero attached hydrogens (tertiary/aromatic N) is 4. The lowest BCUT2D eigenvalue weighted by Gasteiger charge is -2.36. The van der Waals surface area contributed by atoms with Crippen LogP contribution in [0.2, 0.25) is 0 Å². The van der Waals surface area contributed by atoms with Crippen molar-refractivity contribution >= 4 is 34.9 Å². The van der Waals surface area contributed by atoms with E-state index in [0.717, 1.165) is 42.8 Å². The minimum absolute atomic E-state index is 0.483. The summed E-state index contributed by atoms with van der Waals surface area (Å²) in [4.78, 5) is 14.5. The maximum absolute atomic E-state index is 5.61. The average Bonchev–Trinajstić information content (AvgIpc) is 3.17. The Morgan fingerprint density at radius 1 is 1.13 bits per heavy atom. The normalized spacial score (nSPS) is 21.8. The van der Waals surface area contributed by atoms with Gasteiger partial charge in [-0.2, -0.15) is 9.97 Å².